The summed E-state index contributed by atoms with van der Waals surface area (Å²) in [5, 5.41) is 2.82. The molecule has 6 heteroatoms. The number of ether oxygens (including phenoxy) is 1. The van der Waals surface area contributed by atoms with Crippen LogP contribution in [0.15, 0.2) is 24.3 Å². The Hall–Kier alpha value is -2.08. The van der Waals surface area contributed by atoms with E-state index < -0.39 is 0 Å². The average Bonchev–Trinajstić information content (AvgIpc) is 2.54. The number of nitrogens with one attached hydrogen (secondary N) is 1. The number of amides is 2. The second kappa shape index (κ2) is 8.68. The van der Waals surface area contributed by atoms with E-state index in [-0.39, 0.29) is 24.9 Å². The third-order valence-corrected chi connectivity index (χ3v) is 4.18. The highest BCUT2D eigenvalue weighted by molar-refractivity contribution is 5.92. The molecule has 1 aliphatic rings. The molecule has 0 aromatic heterocycles. The van der Waals surface area contributed by atoms with Crippen LogP contribution in [0.1, 0.15) is 19.8 Å². The molecule has 132 valence electrons. The van der Waals surface area contributed by atoms with Gasteiger partial charge in [-0.05, 0) is 37.9 Å². The number of likely N-dealkylation sites (tertiary alicyclic amines) is 1. The lowest BCUT2D eigenvalue weighted by molar-refractivity contribution is -0.134. The quantitative estimate of drug-likeness (QED) is 0.863. The molecule has 2 rings (SSSR count). The monoisotopic (exact) mass is 333 g/mol. The summed E-state index contributed by atoms with van der Waals surface area (Å²) in [5.74, 6) is 1.20. The lowest BCUT2D eigenvalue weighted by atomic mass is 10.0. The Morgan fingerprint density at radius 2 is 2.17 bits per heavy atom. The molecule has 6 nitrogen and oxygen atoms in total. The minimum Gasteiger partial charge on any atom is -0.497 e. The number of carbonyl (C=O) groups is 2. The van der Waals surface area contributed by atoms with Gasteiger partial charge in [0.2, 0.25) is 11.8 Å². The van der Waals surface area contributed by atoms with Crippen LogP contribution in [0.3, 0.4) is 0 Å². The number of piperidine rings is 1. The third-order valence-electron chi connectivity index (χ3n) is 4.18. The SMILES string of the molecule is COc1cccc(NC(=O)CN(C)CC(=O)N2CCC[C@H](C)C2)c1. The van der Waals surface area contributed by atoms with Crippen LogP contribution in [0.4, 0.5) is 5.69 Å². The van der Waals surface area contributed by atoms with Gasteiger partial charge in [0, 0.05) is 24.8 Å². The number of hydrogen-bond donors (Lipinski definition) is 1. The van der Waals surface area contributed by atoms with Gasteiger partial charge < -0.3 is 15.0 Å². The molecule has 1 aromatic rings. The van der Waals surface area contributed by atoms with Gasteiger partial charge in [0.1, 0.15) is 5.75 Å². The molecule has 1 aliphatic heterocycles. The molecule has 1 N–H and O–H groups in total. The summed E-state index contributed by atoms with van der Waals surface area (Å²) in [7, 11) is 3.37. The number of nitrogens with zero attached hydrogens (tertiary/aromatic N) is 2. The molecule has 1 heterocycles. The van der Waals surface area contributed by atoms with Crippen molar-refractivity contribution in [2.24, 2.45) is 5.92 Å². The standard InChI is InChI=1S/C18H27N3O3/c1-14-6-5-9-21(11-14)18(23)13-20(2)12-17(22)19-15-7-4-8-16(10-15)24-3/h4,7-8,10,14H,5-6,9,11-13H2,1-3H3,(H,19,22)/t14-/m0/s1. The van der Waals surface area contributed by atoms with E-state index in [2.05, 4.69) is 12.2 Å². The van der Waals surface area contributed by atoms with Crippen LogP contribution in [-0.4, -0.2) is 62.0 Å². The molecule has 0 aliphatic carbocycles. The Kier molecular flexibility index (Phi) is 6.61. The Morgan fingerprint density at radius 3 is 2.88 bits per heavy atom. The minimum absolute atomic E-state index is 0.0956. The predicted molar refractivity (Wildman–Crippen MR) is 94.1 cm³/mol. The zero-order chi connectivity index (χ0) is 17.5. The maximum absolute atomic E-state index is 12.3. The summed E-state index contributed by atoms with van der Waals surface area (Å²) >= 11 is 0. The molecular formula is C18H27N3O3. The van der Waals surface area contributed by atoms with Gasteiger partial charge in [-0.3, -0.25) is 14.5 Å². The fourth-order valence-electron chi connectivity index (χ4n) is 2.95. The molecule has 0 saturated carbocycles. The first-order chi connectivity index (χ1) is 11.5. The van der Waals surface area contributed by atoms with E-state index in [1.165, 1.54) is 6.42 Å². The maximum Gasteiger partial charge on any atom is 0.238 e. The molecule has 0 spiro atoms. The fraction of sp³-hybridized carbons (Fsp3) is 0.556. The summed E-state index contributed by atoms with van der Waals surface area (Å²) in [6, 6.07) is 7.21. The van der Waals surface area contributed by atoms with E-state index in [0.29, 0.717) is 17.4 Å². The highest BCUT2D eigenvalue weighted by Gasteiger charge is 2.22. The molecule has 1 atom stereocenters. The zero-order valence-electron chi connectivity index (χ0n) is 14.7. The number of anilines is 1. The summed E-state index contributed by atoms with van der Waals surface area (Å²) in [6.07, 6.45) is 2.25. The summed E-state index contributed by atoms with van der Waals surface area (Å²) in [6.45, 7) is 4.25. The molecular weight excluding hydrogens is 306 g/mol. The number of hydrogen-bond acceptors (Lipinski definition) is 4. The van der Waals surface area contributed by atoms with E-state index in [1.807, 2.05) is 17.0 Å². The summed E-state index contributed by atoms with van der Waals surface area (Å²) < 4.78 is 5.13. The lowest BCUT2D eigenvalue weighted by Gasteiger charge is -2.32. The van der Waals surface area contributed by atoms with Crippen molar-refractivity contribution in [3.8, 4) is 5.75 Å². The Bertz CT molecular complexity index is 576. The Balaban J connectivity index is 1.79. The van der Waals surface area contributed by atoms with Crippen LogP contribution in [0.2, 0.25) is 0 Å². The van der Waals surface area contributed by atoms with Crippen LogP contribution in [-0.2, 0) is 9.59 Å². The van der Waals surface area contributed by atoms with Crippen molar-refractivity contribution in [1.82, 2.24) is 9.80 Å². The molecule has 2 amide bonds. The van der Waals surface area contributed by atoms with E-state index in [0.717, 1.165) is 19.5 Å². The molecule has 0 radical (unpaired) electrons. The predicted octanol–water partition coefficient (Wildman–Crippen LogP) is 1.82. The highest BCUT2D eigenvalue weighted by atomic mass is 16.5. The first-order valence-electron chi connectivity index (χ1n) is 8.38. The fourth-order valence-corrected chi connectivity index (χ4v) is 2.95. The number of likely N-dealkylation sites (N-methyl/N-ethyl adjacent to an activating group) is 1. The van der Waals surface area contributed by atoms with Gasteiger partial charge in [-0.1, -0.05) is 13.0 Å². The summed E-state index contributed by atoms with van der Waals surface area (Å²) in [4.78, 5) is 28.1. The zero-order valence-corrected chi connectivity index (χ0v) is 14.7. The highest BCUT2D eigenvalue weighted by Crippen LogP contribution is 2.17. The van der Waals surface area contributed by atoms with Crippen molar-refractivity contribution in [2.45, 2.75) is 19.8 Å². The number of carbonyl (C=O) groups excluding carboxylic acids is 2. The average molecular weight is 333 g/mol. The van der Waals surface area contributed by atoms with Gasteiger partial charge in [0.15, 0.2) is 0 Å². The Labute approximate surface area is 143 Å². The van der Waals surface area contributed by atoms with E-state index in [1.54, 1.807) is 31.2 Å². The first kappa shape index (κ1) is 18.3. The second-order valence-corrected chi connectivity index (χ2v) is 6.54. The van der Waals surface area contributed by atoms with Crippen LogP contribution in [0.25, 0.3) is 0 Å². The van der Waals surface area contributed by atoms with Gasteiger partial charge in [0.05, 0.1) is 20.2 Å². The van der Waals surface area contributed by atoms with Gasteiger partial charge in [0.25, 0.3) is 0 Å². The molecule has 1 aromatic carbocycles. The number of methoxy groups -OCH3 is 1. The molecule has 1 saturated heterocycles. The van der Waals surface area contributed by atoms with E-state index >= 15 is 0 Å². The summed E-state index contributed by atoms with van der Waals surface area (Å²) in [5.41, 5.74) is 0.684. The maximum atomic E-state index is 12.3. The molecule has 0 unspecified atom stereocenters. The van der Waals surface area contributed by atoms with Crippen LogP contribution >= 0.6 is 0 Å². The molecule has 24 heavy (non-hydrogen) atoms. The van der Waals surface area contributed by atoms with Gasteiger partial charge >= 0.3 is 0 Å². The van der Waals surface area contributed by atoms with Crippen molar-refractivity contribution in [3.63, 3.8) is 0 Å². The molecule has 1 fully saturated rings. The minimum atomic E-state index is -0.148. The molecule has 0 bridgehead atoms. The normalized spacial score (nSPS) is 17.7. The third kappa shape index (κ3) is 5.53. The van der Waals surface area contributed by atoms with Crippen molar-refractivity contribution >= 4 is 17.5 Å². The van der Waals surface area contributed by atoms with Crippen molar-refractivity contribution < 1.29 is 14.3 Å². The van der Waals surface area contributed by atoms with E-state index in [4.69, 9.17) is 4.74 Å². The van der Waals surface area contributed by atoms with Gasteiger partial charge in [-0.2, -0.15) is 0 Å². The number of rotatable bonds is 6. The van der Waals surface area contributed by atoms with Crippen LogP contribution < -0.4 is 10.1 Å². The van der Waals surface area contributed by atoms with Gasteiger partial charge in [-0.15, -0.1) is 0 Å². The smallest absolute Gasteiger partial charge is 0.238 e. The first-order valence-corrected chi connectivity index (χ1v) is 8.38. The van der Waals surface area contributed by atoms with Crippen LogP contribution in [0.5, 0.6) is 5.75 Å². The topological polar surface area (TPSA) is 61.9 Å². The second-order valence-electron chi connectivity index (χ2n) is 6.54. The van der Waals surface area contributed by atoms with E-state index in [9.17, 15) is 9.59 Å². The Morgan fingerprint density at radius 1 is 1.38 bits per heavy atom. The van der Waals surface area contributed by atoms with Crippen molar-refractivity contribution in [1.29, 1.82) is 0 Å². The number of benzene rings is 1. The van der Waals surface area contributed by atoms with Crippen LogP contribution in [0, 0.1) is 5.92 Å². The largest absolute Gasteiger partial charge is 0.497 e. The lowest BCUT2D eigenvalue weighted by Crippen LogP contribution is -2.45. The van der Waals surface area contributed by atoms with Crippen molar-refractivity contribution in [2.75, 3.05) is 45.7 Å². The van der Waals surface area contributed by atoms with Crippen molar-refractivity contribution in [3.05, 3.63) is 24.3 Å². The van der Waals surface area contributed by atoms with Gasteiger partial charge in [-0.25, -0.2) is 0 Å².